The fourth-order valence-corrected chi connectivity index (χ4v) is 8.27. The molecule has 10 rings (SSSR count). The van der Waals surface area contributed by atoms with E-state index < -0.39 is 0 Å². The molecule has 0 radical (unpaired) electrons. The first-order chi connectivity index (χ1) is 25.8. The topological polar surface area (TPSA) is 0 Å². The number of hydrogen-bond donors (Lipinski definition) is 0. The van der Waals surface area contributed by atoms with E-state index in [0.717, 1.165) is 0 Å². The van der Waals surface area contributed by atoms with Gasteiger partial charge in [-0.3, -0.25) is 0 Å². The third-order valence-electron chi connectivity index (χ3n) is 10.7. The second kappa shape index (κ2) is 12.5. The lowest BCUT2D eigenvalue weighted by atomic mass is 9.82. The summed E-state index contributed by atoms with van der Waals surface area (Å²) in [5, 5.41) is 7.70. The van der Waals surface area contributed by atoms with Crippen molar-refractivity contribution < 1.29 is 0 Å². The maximum atomic E-state index is 2.44. The van der Waals surface area contributed by atoms with Crippen LogP contribution in [0.4, 0.5) is 0 Å². The van der Waals surface area contributed by atoms with Crippen LogP contribution in [0.15, 0.2) is 206 Å². The van der Waals surface area contributed by atoms with Crippen molar-refractivity contribution >= 4 is 32.3 Å². The summed E-state index contributed by atoms with van der Waals surface area (Å²) in [4.78, 5) is 0. The molecule has 0 saturated heterocycles. The van der Waals surface area contributed by atoms with Gasteiger partial charge in [0, 0.05) is 0 Å². The Balaban J connectivity index is 1.30. The van der Waals surface area contributed by atoms with Gasteiger partial charge in [0.1, 0.15) is 0 Å². The van der Waals surface area contributed by atoms with E-state index in [1.165, 1.54) is 99.1 Å². The standard InChI is InChI=1S/C52H34/c1-4-15-35(16-5-1)39-21-14-22-40(33-39)49-34-50(44-26-13-11-24-42(44)37-19-8-3-9-20-37)48-30-28-38-27-29-45(46-31-32-47(49)52(48)51(38)46)43-25-12-10-23-41(43)36-17-6-2-7-18-36/h1-34H. The second-order valence-corrected chi connectivity index (χ2v) is 13.6. The molecule has 0 aromatic heterocycles. The molecule has 242 valence electrons. The molecule has 0 spiro atoms. The zero-order chi connectivity index (χ0) is 34.4. The third kappa shape index (κ3) is 5.00. The molecule has 10 aromatic rings. The van der Waals surface area contributed by atoms with Crippen molar-refractivity contribution in [2.75, 3.05) is 0 Å². The molecule has 0 unspecified atom stereocenters. The van der Waals surface area contributed by atoms with Crippen LogP contribution < -0.4 is 0 Å². The smallest absolute Gasteiger partial charge is 0.00141 e. The van der Waals surface area contributed by atoms with Crippen LogP contribution in [-0.4, -0.2) is 0 Å². The van der Waals surface area contributed by atoms with Crippen molar-refractivity contribution in [2.24, 2.45) is 0 Å². The average molecular weight is 659 g/mol. The van der Waals surface area contributed by atoms with E-state index in [2.05, 4.69) is 206 Å². The van der Waals surface area contributed by atoms with Crippen LogP contribution in [0.1, 0.15) is 0 Å². The van der Waals surface area contributed by atoms with Gasteiger partial charge < -0.3 is 0 Å². The molecule has 0 bridgehead atoms. The zero-order valence-electron chi connectivity index (χ0n) is 28.6. The van der Waals surface area contributed by atoms with Gasteiger partial charge in [-0.15, -0.1) is 0 Å². The van der Waals surface area contributed by atoms with Gasteiger partial charge in [0.25, 0.3) is 0 Å². The normalized spacial score (nSPS) is 11.5. The minimum atomic E-state index is 1.22. The van der Waals surface area contributed by atoms with Crippen molar-refractivity contribution in [3.8, 4) is 66.8 Å². The first-order valence-corrected chi connectivity index (χ1v) is 18.0. The van der Waals surface area contributed by atoms with Crippen molar-refractivity contribution in [1.29, 1.82) is 0 Å². The number of benzene rings is 10. The van der Waals surface area contributed by atoms with Gasteiger partial charge in [0.05, 0.1) is 0 Å². The van der Waals surface area contributed by atoms with Crippen LogP contribution in [0.3, 0.4) is 0 Å². The first-order valence-electron chi connectivity index (χ1n) is 18.0. The molecular formula is C52H34. The molecule has 0 fully saturated rings. The third-order valence-corrected chi connectivity index (χ3v) is 10.7. The largest absolute Gasteiger partial charge is 0.0622 e. The van der Waals surface area contributed by atoms with Gasteiger partial charge in [-0.05, 0) is 111 Å². The highest BCUT2D eigenvalue weighted by molar-refractivity contribution is 6.30. The lowest BCUT2D eigenvalue weighted by Crippen LogP contribution is -1.94. The predicted molar refractivity (Wildman–Crippen MR) is 223 cm³/mol. The van der Waals surface area contributed by atoms with Gasteiger partial charge >= 0.3 is 0 Å². The minimum Gasteiger partial charge on any atom is -0.0622 e. The molecule has 0 aliphatic carbocycles. The quantitative estimate of drug-likeness (QED) is 0.156. The Hall–Kier alpha value is -6.76. The van der Waals surface area contributed by atoms with Crippen molar-refractivity contribution in [2.45, 2.75) is 0 Å². The van der Waals surface area contributed by atoms with Crippen LogP contribution in [0.25, 0.3) is 99.1 Å². The summed E-state index contributed by atoms with van der Waals surface area (Å²) >= 11 is 0. The Morgan fingerprint density at radius 2 is 0.635 bits per heavy atom. The van der Waals surface area contributed by atoms with Crippen LogP contribution >= 0.6 is 0 Å². The summed E-state index contributed by atoms with van der Waals surface area (Å²) in [7, 11) is 0. The molecule has 0 heteroatoms. The molecule has 0 aliphatic heterocycles. The van der Waals surface area contributed by atoms with Crippen molar-refractivity contribution in [1.82, 2.24) is 0 Å². The number of hydrogen-bond acceptors (Lipinski definition) is 0. The molecule has 0 nitrogen and oxygen atoms in total. The molecule has 52 heavy (non-hydrogen) atoms. The Kier molecular flexibility index (Phi) is 7.25. The fraction of sp³-hybridized carbons (Fsp3) is 0. The van der Waals surface area contributed by atoms with Crippen LogP contribution in [0.2, 0.25) is 0 Å². The van der Waals surface area contributed by atoms with E-state index in [4.69, 9.17) is 0 Å². The predicted octanol–water partition coefficient (Wildman–Crippen LogP) is 14.6. The summed E-state index contributed by atoms with van der Waals surface area (Å²) < 4.78 is 0. The van der Waals surface area contributed by atoms with Gasteiger partial charge in [-0.2, -0.15) is 0 Å². The van der Waals surface area contributed by atoms with E-state index in [0.29, 0.717) is 0 Å². The fourth-order valence-electron chi connectivity index (χ4n) is 8.27. The summed E-state index contributed by atoms with van der Waals surface area (Å²) in [5.74, 6) is 0. The first kappa shape index (κ1) is 30.1. The van der Waals surface area contributed by atoms with Crippen molar-refractivity contribution in [3.63, 3.8) is 0 Å². The second-order valence-electron chi connectivity index (χ2n) is 13.6. The van der Waals surface area contributed by atoms with E-state index in [1.807, 2.05) is 0 Å². The Morgan fingerprint density at radius 1 is 0.192 bits per heavy atom. The summed E-state index contributed by atoms with van der Waals surface area (Å²) in [6.45, 7) is 0. The Labute approximate surface area is 304 Å². The molecule has 0 atom stereocenters. The maximum Gasteiger partial charge on any atom is -0.00141 e. The monoisotopic (exact) mass is 658 g/mol. The van der Waals surface area contributed by atoms with Crippen molar-refractivity contribution in [3.05, 3.63) is 206 Å². The van der Waals surface area contributed by atoms with E-state index in [-0.39, 0.29) is 0 Å². The molecule has 0 saturated carbocycles. The summed E-state index contributed by atoms with van der Waals surface area (Å²) in [6, 6.07) is 75.5. The van der Waals surface area contributed by atoms with Crippen LogP contribution in [0.5, 0.6) is 0 Å². The molecule has 10 aromatic carbocycles. The van der Waals surface area contributed by atoms with Gasteiger partial charge in [0.15, 0.2) is 0 Å². The van der Waals surface area contributed by atoms with E-state index in [1.54, 1.807) is 0 Å². The van der Waals surface area contributed by atoms with Gasteiger partial charge in [-0.25, -0.2) is 0 Å². The zero-order valence-corrected chi connectivity index (χ0v) is 28.6. The van der Waals surface area contributed by atoms with Crippen LogP contribution in [0, 0.1) is 0 Å². The van der Waals surface area contributed by atoms with Gasteiger partial charge in [0.2, 0.25) is 0 Å². The highest BCUT2D eigenvalue weighted by Gasteiger charge is 2.21. The number of rotatable bonds is 6. The Morgan fingerprint density at radius 3 is 1.27 bits per heavy atom. The molecule has 0 amide bonds. The molecule has 0 N–H and O–H groups in total. The lowest BCUT2D eigenvalue weighted by Gasteiger charge is -2.21. The van der Waals surface area contributed by atoms with Gasteiger partial charge in [-0.1, -0.05) is 194 Å². The summed E-state index contributed by atoms with van der Waals surface area (Å²) in [5.41, 5.74) is 14.8. The molecular weight excluding hydrogens is 625 g/mol. The average Bonchev–Trinajstić information content (AvgIpc) is 3.23. The molecule has 0 heterocycles. The maximum absolute atomic E-state index is 2.44. The highest BCUT2D eigenvalue weighted by atomic mass is 14.2. The lowest BCUT2D eigenvalue weighted by molar-refractivity contribution is 1.59. The minimum absolute atomic E-state index is 1.22. The van der Waals surface area contributed by atoms with E-state index in [9.17, 15) is 0 Å². The van der Waals surface area contributed by atoms with Crippen LogP contribution in [-0.2, 0) is 0 Å². The Bertz CT molecular complexity index is 2870. The molecule has 0 aliphatic rings. The van der Waals surface area contributed by atoms with E-state index >= 15 is 0 Å². The summed E-state index contributed by atoms with van der Waals surface area (Å²) in [6.07, 6.45) is 0. The highest BCUT2D eigenvalue weighted by Crippen LogP contribution is 2.48. The SMILES string of the molecule is c1ccc(-c2cccc(-c3cc(-c4ccccc4-c4ccccc4)c4ccc5ccc(-c6ccccc6-c6ccccc6)c6ccc3c4c56)c2)cc1.